The molecule has 4 aromatic heterocycles. The molecule has 0 saturated carbocycles. The van der Waals surface area contributed by atoms with Crippen LogP contribution >= 0.6 is 54.5 Å². The van der Waals surface area contributed by atoms with Crippen LogP contribution in [-0.2, 0) is 53.1 Å². The Morgan fingerprint density at radius 1 is 0.738 bits per heavy atom. The Morgan fingerprint density at radius 2 is 1.23 bits per heavy atom. The minimum absolute atomic E-state index is 0.0209. The molecule has 17 heteroatoms. The number of nitrogens with zero attached hydrogens (tertiary/aromatic N) is 7. The molecule has 312 valence electrons. The molecule has 0 bridgehead atoms. The second-order valence-corrected chi connectivity index (χ2v) is 20.2. The van der Waals surface area contributed by atoms with Crippen LogP contribution in [-0.4, -0.2) is 79.5 Å². The van der Waals surface area contributed by atoms with Crippen molar-refractivity contribution in [1.29, 1.82) is 0 Å². The van der Waals surface area contributed by atoms with E-state index in [1.54, 1.807) is 35.3 Å². The van der Waals surface area contributed by atoms with Crippen molar-refractivity contribution in [2.24, 2.45) is 21.8 Å². The molecule has 11 rings (SSSR count). The number of hydrogen-bond donors (Lipinski definition) is 3. The van der Waals surface area contributed by atoms with Gasteiger partial charge in [0.05, 0.1) is 53.4 Å². The molecule has 4 atom stereocenters. The fourth-order valence-corrected chi connectivity index (χ4v) is 12.7. The van der Waals surface area contributed by atoms with E-state index in [1.807, 2.05) is 31.2 Å². The van der Waals surface area contributed by atoms with Gasteiger partial charge in [0.2, 0.25) is 5.91 Å². The standard InChI is InChI=1S/C25H26BrN5O2S.C19H15BrN4O2S/c1-13-10-31(11-14(2)33-13)25(32)15-3-4-18-21(7-15)34-24-22(18)23(28-12-29-24)30-20-6-17-9-27-8-16(17)5-19(20)26;20-13-3-10-6-21-7-11(10)4-14(13)24-17-16-12-2-1-9(19(25)26)5-15(12)27-18(16)23-8-22-17/h5-6,9,12-15H,3-4,7-8,10-11H2,1-2H3,(H,28,29,30);3-4,7-9H,1-2,5-6H2,(H,25,26)(H,22,23,24)/t13-,14-,15-;9-/m00/s1. The average Bonchev–Trinajstić information content (AvgIpc) is 4.05. The van der Waals surface area contributed by atoms with Crippen molar-refractivity contribution in [2.45, 2.75) is 77.7 Å². The second kappa shape index (κ2) is 16.5. The number of anilines is 4. The summed E-state index contributed by atoms with van der Waals surface area (Å²) in [5.41, 5.74) is 9.04. The maximum Gasteiger partial charge on any atom is 0.306 e. The topological polar surface area (TPSA) is 167 Å². The number of carboxylic acid groups (broad SMARTS) is 1. The van der Waals surface area contributed by atoms with Crippen LogP contribution in [0.1, 0.15) is 69.8 Å². The van der Waals surface area contributed by atoms with Crippen LogP contribution in [0.5, 0.6) is 0 Å². The summed E-state index contributed by atoms with van der Waals surface area (Å²) in [6.45, 7) is 6.89. The summed E-state index contributed by atoms with van der Waals surface area (Å²) in [5, 5.41) is 18.4. The van der Waals surface area contributed by atoms with Crippen LogP contribution in [0.2, 0.25) is 0 Å². The Balaban J connectivity index is 0.000000150. The molecule has 2 aromatic carbocycles. The first-order valence-corrected chi connectivity index (χ1v) is 23.6. The van der Waals surface area contributed by atoms with Crippen molar-refractivity contribution in [3.05, 3.63) is 89.0 Å². The number of rotatable bonds is 6. The molecular weight excluding hydrogens is 942 g/mol. The van der Waals surface area contributed by atoms with E-state index in [2.05, 4.69) is 96.7 Å². The number of carbonyl (C=O) groups excluding carboxylic acids is 1. The van der Waals surface area contributed by atoms with E-state index >= 15 is 0 Å². The van der Waals surface area contributed by atoms with Crippen LogP contribution in [0.4, 0.5) is 23.0 Å². The fraction of sp³-hybridized carbons (Fsp3) is 0.364. The van der Waals surface area contributed by atoms with Crippen LogP contribution in [0.25, 0.3) is 20.4 Å². The highest BCUT2D eigenvalue weighted by Crippen LogP contribution is 2.43. The highest BCUT2D eigenvalue weighted by Gasteiger charge is 2.35. The van der Waals surface area contributed by atoms with Gasteiger partial charge in [-0.15, -0.1) is 22.7 Å². The number of carbonyl (C=O) groups is 2. The number of amides is 1. The Hall–Kier alpha value is -4.68. The van der Waals surface area contributed by atoms with E-state index in [1.165, 1.54) is 27.1 Å². The molecule has 5 aliphatic rings. The number of fused-ring (bicyclic) bond motifs is 8. The lowest BCUT2D eigenvalue weighted by Gasteiger charge is -2.37. The van der Waals surface area contributed by atoms with E-state index in [0.717, 1.165) is 107 Å². The predicted molar refractivity (Wildman–Crippen MR) is 248 cm³/mol. The molecule has 1 saturated heterocycles. The zero-order chi connectivity index (χ0) is 41.9. The summed E-state index contributed by atoms with van der Waals surface area (Å²) in [5.74, 6) is 0.845. The Labute approximate surface area is 376 Å². The highest BCUT2D eigenvalue weighted by atomic mass is 79.9. The molecule has 1 amide bonds. The van der Waals surface area contributed by atoms with Gasteiger partial charge in [-0.05, 0) is 142 Å². The van der Waals surface area contributed by atoms with Crippen molar-refractivity contribution < 1.29 is 19.4 Å². The maximum atomic E-state index is 13.3. The van der Waals surface area contributed by atoms with E-state index in [4.69, 9.17) is 4.74 Å². The van der Waals surface area contributed by atoms with Gasteiger partial charge in [-0.2, -0.15) is 0 Å². The number of nitrogens with one attached hydrogen (secondary N) is 2. The van der Waals surface area contributed by atoms with Crippen molar-refractivity contribution in [3.63, 3.8) is 0 Å². The molecule has 0 radical (unpaired) electrons. The number of carboxylic acids is 1. The number of aryl methyl sites for hydroxylation is 2. The van der Waals surface area contributed by atoms with Gasteiger partial charge in [-0.1, -0.05) is 0 Å². The zero-order valence-corrected chi connectivity index (χ0v) is 38.2. The van der Waals surface area contributed by atoms with Gasteiger partial charge in [-0.3, -0.25) is 19.6 Å². The maximum absolute atomic E-state index is 13.3. The van der Waals surface area contributed by atoms with Gasteiger partial charge in [0, 0.05) is 50.1 Å². The van der Waals surface area contributed by atoms with Gasteiger partial charge >= 0.3 is 5.97 Å². The van der Waals surface area contributed by atoms with Crippen molar-refractivity contribution in [3.8, 4) is 0 Å². The van der Waals surface area contributed by atoms with E-state index in [0.29, 0.717) is 25.9 Å². The summed E-state index contributed by atoms with van der Waals surface area (Å²) in [7, 11) is 0. The number of halogens is 2. The molecule has 13 nitrogen and oxygen atoms in total. The Morgan fingerprint density at radius 3 is 1.74 bits per heavy atom. The molecule has 3 N–H and O–H groups in total. The normalized spacial score (nSPS) is 21.1. The van der Waals surface area contributed by atoms with Crippen molar-refractivity contribution in [2.75, 3.05) is 23.7 Å². The molecule has 61 heavy (non-hydrogen) atoms. The third-order valence-electron chi connectivity index (χ3n) is 12.1. The van der Waals surface area contributed by atoms with Gasteiger partial charge in [-0.25, -0.2) is 19.9 Å². The number of aliphatic carboxylic acids is 1. The van der Waals surface area contributed by atoms with Crippen LogP contribution in [0.3, 0.4) is 0 Å². The average molecular weight is 984 g/mol. The number of thiophene rings is 2. The van der Waals surface area contributed by atoms with Crippen LogP contribution in [0.15, 0.2) is 55.9 Å². The Bertz CT molecular complexity index is 2810. The summed E-state index contributed by atoms with van der Waals surface area (Å²) in [6, 6.07) is 8.39. The lowest BCUT2D eigenvalue weighted by molar-refractivity contribution is -0.147. The number of aliphatic imine (C=N–C) groups is 2. The lowest BCUT2D eigenvalue weighted by atomic mass is 9.86. The lowest BCUT2D eigenvalue weighted by Crippen LogP contribution is -2.50. The molecule has 6 aromatic rings. The number of aromatic nitrogens is 4. The largest absolute Gasteiger partial charge is 0.481 e. The molecule has 1 fully saturated rings. The first-order valence-electron chi connectivity index (χ1n) is 20.4. The zero-order valence-electron chi connectivity index (χ0n) is 33.4. The molecule has 3 aliphatic heterocycles. The molecule has 7 heterocycles. The number of benzene rings is 2. The SMILES string of the molecule is C[C@H]1CN(C(=O)[C@H]2CCc3c(sc4ncnc(Nc5cc6c(cc5Br)CN=C6)c34)C2)C[C@H](C)O1.O=C(O)[C@H]1CCc2c(sc3ncnc(Nc4cc5c(cc4Br)CN=C5)c23)C1. The molecular formula is C44H41Br2N9O4S2. The highest BCUT2D eigenvalue weighted by molar-refractivity contribution is 9.11. The summed E-state index contributed by atoms with van der Waals surface area (Å²) < 4.78 is 7.78. The van der Waals surface area contributed by atoms with E-state index in [9.17, 15) is 14.7 Å². The Kier molecular flexibility index (Phi) is 11.0. The van der Waals surface area contributed by atoms with Gasteiger partial charge in [0.15, 0.2) is 0 Å². The number of ether oxygens (including phenoxy) is 1. The third kappa shape index (κ3) is 7.88. The second-order valence-electron chi connectivity index (χ2n) is 16.3. The summed E-state index contributed by atoms with van der Waals surface area (Å²) in [6.07, 6.45) is 11.6. The molecule has 2 aliphatic carbocycles. The smallest absolute Gasteiger partial charge is 0.306 e. The predicted octanol–water partition coefficient (Wildman–Crippen LogP) is 9.19. The van der Waals surface area contributed by atoms with Gasteiger partial charge in [0.1, 0.15) is 34.0 Å². The monoisotopic (exact) mass is 981 g/mol. The van der Waals surface area contributed by atoms with Crippen molar-refractivity contribution in [1.82, 2.24) is 24.8 Å². The summed E-state index contributed by atoms with van der Waals surface area (Å²) in [4.78, 5) is 57.7. The quantitative estimate of drug-likeness (QED) is 0.146. The molecule has 0 unspecified atom stereocenters. The minimum atomic E-state index is -0.716. The van der Waals surface area contributed by atoms with Crippen LogP contribution in [0, 0.1) is 11.8 Å². The number of hydrogen-bond acceptors (Lipinski definition) is 13. The minimum Gasteiger partial charge on any atom is -0.481 e. The van der Waals surface area contributed by atoms with E-state index < -0.39 is 5.97 Å². The molecule has 0 spiro atoms. The summed E-state index contributed by atoms with van der Waals surface area (Å²) >= 11 is 10.6. The fourth-order valence-electron chi connectivity index (χ4n) is 9.16. The van der Waals surface area contributed by atoms with Crippen molar-refractivity contribution >= 4 is 122 Å². The third-order valence-corrected chi connectivity index (χ3v) is 15.7. The van der Waals surface area contributed by atoms with Gasteiger partial charge < -0.3 is 25.4 Å². The van der Waals surface area contributed by atoms with Crippen LogP contribution < -0.4 is 10.6 Å². The van der Waals surface area contributed by atoms with E-state index in [-0.39, 0.29) is 30.0 Å². The van der Waals surface area contributed by atoms with Gasteiger partial charge in [0.25, 0.3) is 0 Å². The first kappa shape index (κ1) is 40.4. The first-order chi connectivity index (χ1) is 29.6. The number of morpholine rings is 1.